The van der Waals surface area contributed by atoms with Crippen LogP contribution in [-0.4, -0.2) is 18.6 Å². The second kappa shape index (κ2) is 5.17. The van der Waals surface area contributed by atoms with Gasteiger partial charge in [0, 0.05) is 5.02 Å². The molecule has 0 saturated heterocycles. The van der Waals surface area contributed by atoms with Crippen LogP contribution in [0.25, 0.3) is 0 Å². The van der Waals surface area contributed by atoms with E-state index < -0.39 is 5.91 Å². The van der Waals surface area contributed by atoms with Gasteiger partial charge < -0.3 is 4.74 Å². The molecule has 0 aliphatic carbocycles. The number of carbonyl (C=O) groups is 1. The van der Waals surface area contributed by atoms with Gasteiger partial charge >= 0.3 is 0 Å². The number of hydrogen-bond donors (Lipinski definition) is 0. The standard InChI is InChI=1S/C9H6ClNO3/c10-7-2-1-3-8(4-7)14-5-9(13)11-6-12/h1-4H,5H2. The van der Waals surface area contributed by atoms with Gasteiger partial charge in [-0.2, -0.15) is 0 Å². The van der Waals surface area contributed by atoms with Gasteiger partial charge in [0.05, 0.1) is 0 Å². The van der Waals surface area contributed by atoms with E-state index in [4.69, 9.17) is 16.3 Å². The average Bonchev–Trinajstić information content (AvgIpc) is 2.15. The monoisotopic (exact) mass is 211 g/mol. The highest BCUT2D eigenvalue weighted by Gasteiger charge is 2.00. The fraction of sp³-hybridized carbons (Fsp3) is 0.111. The molecular weight excluding hydrogens is 206 g/mol. The normalized spacial score (nSPS) is 8.93. The smallest absolute Gasteiger partial charge is 0.294 e. The Hall–Kier alpha value is -1.64. The molecular formula is C9H6ClNO3. The Balaban J connectivity index is 2.53. The minimum atomic E-state index is -0.681. The number of halogens is 1. The summed E-state index contributed by atoms with van der Waals surface area (Å²) in [6.45, 7) is -0.296. The molecule has 5 heteroatoms. The number of isocyanates is 1. The van der Waals surface area contributed by atoms with Gasteiger partial charge in [-0.05, 0) is 18.2 Å². The van der Waals surface area contributed by atoms with E-state index >= 15 is 0 Å². The second-order valence-corrected chi connectivity index (χ2v) is 2.78. The topological polar surface area (TPSA) is 55.7 Å². The lowest BCUT2D eigenvalue weighted by atomic mass is 10.3. The van der Waals surface area contributed by atoms with E-state index in [-0.39, 0.29) is 6.61 Å². The third kappa shape index (κ3) is 3.39. The van der Waals surface area contributed by atoms with E-state index in [0.717, 1.165) is 6.08 Å². The van der Waals surface area contributed by atoms with E-state index in [2.05, 4.69) is 4.99 Å². The van der Waals surface area contributed by atoms with Crippen LogP contribution >= 0.6 is 11.6 Å². The van der Waals surface area contributed by atoms with E-state index in [1.807, 2.05) is 0 Å². The predicted octanol–water partition coefficient (Wildman–Crippen LogP) is 1.58. The summed E-state index contributed by atoms with van der Waals surface area (Å²) >= 11 is 5.67. The van der Waals surface area contributed by atoms with E-state index in [1.54, 1.807) is 24.3 Å². The zero-order valence-electron chi connectivity index (χ0n) is 7.07. The molecule has 0 radical (unpaired) electrons. The third-order valence-corrected chi connectivity index (χ3v) is 1.56. The molecule has 0 spiro atoms. The van der Waals surface area contributed by atoms with Crippen LogP contribution < -0.4 is 4.74 Å². The minimum Gasteiger partial charge on any atom is -0.484 e. The molecule has 0 aromatic heterocycles. The van der Waals surface area contributed by atoms with Crippen molar-refractivity contribution in [3.05, 3.63) is 29.3 Å². The molecule has 0 saturated carbocycles. The number of rotatable bonds is 3. The lowest BCUT2D eigenvalue weighted by molar-refractivity contribution is -0.119. The van der Waals surface area contributed by atoms with Crippen LogP contribution in [0.3, 0.4) is 0 Å². The summed E-state index contributed by atoms with van der Waals surface area (Å²) in [7, 11) is 0. The SMILES string of the molecule is O=C=NC(=O)COc1cccc(Cl)c1. The van der Waals surface area contributed by atoms with Crippen molar-refractivity contribution in [1.82, 2.24) is 0 Å². The first-order chi connectivity index (χ1) is 6.72. The van der Waals surface area contributed by atoms with Gasteiger partial charge in [-0.1, -0.05) is 17.7 Å². The van der Waals surface area contributed by atoms with Crippen LogP contribution in [0.1, 0.15) is 0 Å². The highest BCUT2D eigenvalue weighted by atomic mass is 35.5. The maximum Gasteiger partial charge on any atom is 0.294 e. The fourth-order valence-electron chi connectivity index (χ4n) is 0.785. The Kier molecular flexibility index (Phi) is 3.85. The number of hydrogen-bond acceptors (Lipinski definition) is 3. The summed E-state index contributed by atoms with van der Waals surface area (Å²) in [6, 6.07) is 6.56. The van der Waals surface area contributed by atoms with Crippen molar-refractivity contribution in [2.75, 3.05) is 6.61 Å². The first-order valence-corrected chi connectivity index (χ1v) is 4.09. The zero-order chi connectivity index (χ0) is 10.4. The van der Waals surface area contributed by atoms with Crippen LogP contribution in [0, 0.1) is 0 Å². The molecule has 1 aromatic rings. The molecule has 0 unspecified atom stereocenters. The van der Waals surface area contributed by atoms with Crippen LogP contribution in [0.5, 0.6) is 5.75 Å². The molecule has 72 valence electrons. The lowest BCUT2D eigenvalue weighted by Crippen LogP contribution is -2.07. The zero-order valence-corrected chi connectivity index (χ0v) is 7.82. The first-order valence-electron chi connectivity index (χ1n) is 3.71. The molecule has 0 heterocycles. The van der Waals surface area contributed by atoms with Gasteiger partial charge in [-0.15, -0.1) is 4.99 Å². The molecule has 0 atom stereocenters. The van der Waals surface area contributed by atoms with Gasteiger partial charge in [-0.3, -0.25) is 4.79 Å². The number of ether oxygens (including phenoxy) is 1. The molecule has 14 heavy (non-hydrogen) atoms. The molecule has 0 fully saturated rings. The maximum atomic E-state index is 10.7. The Morgan fingerprint density at radius 3 is 3.00 bits per heavy atom. The van der Waals surface area contributed by atoms with Crippen molar-refractivity contribution in [1.29, 1.82) is 0 Å². The molecule has 0 N–H and O–H groups in total. The molecule has 4 nitrogen and oxygen atoms in total. The average molecular weight is 212 g/mol. The van der Waals surface area contributed by atoms with Gasteiger partial charge in [-0.25, -0.2) is 4.79 Å². The van der Waals surface area contributed by atoms with Crippen molar-refractivity contribution in [2.24, 2.45) is 4.99 Å². The molecule has 0 aliphatic heterocycles. The molecule has 0 bridgehead atoms. The third-order valence-electron chi connectivity index (χ3n) is 1.33. The summed E-state index contributed by atoms with van der Waals surface area (Å²) < 4.78 is 4.99. The number of aliphatic imine (C=N–C) groups is 1. The lowest BCUT2D eigenvalue weighted by Gasteiger charge is -2.02. The number of amides is 1. The molecule has 1 aromatic carbocycles. The quantitative estimate of drug-likeness (QED) is 0.564. The van der Waals surface area contributed by atoms with Crippen LogP contribution in [0.2, 0.25) is 5.02 Å². The van der Waals surface area contributed by atoms with Gasteiger partial charge in [0.2, 0.25) is 6.08 Å². The Bertz CT molecular complexity index is 385. The van der Waals surface area contributed by atoms with E-state index in [0.29, 0.717) is 10.8 Å². The molecule has 1 rings (SSSR count). The van der Waals surface area contributed by atoms with Crippen molar-refractivity contribution in [3.8, 4) is 5.75 Å². The van der Waals surface area contributed by atoms with Crippen LogP contribution in [-0.2, 0) is 9.59 Å². The summed E-state index contributed by atoms with van der Waals surface area (Å²) in [5.74, 6) is -0.230. The Labute approximate surface area is 85.2 Å². The Morgan fingerprint density at radius 2 is 2.36 bits per heavy atom. The minimum absolute atomic E-state index is 0.296. The van der Waals surface area contributed by atoms with E-state index in [1.165, 1.54) is 0 Å². The summed E-state index contributed by atoms with van der Waals surface area (Å²) in [5, 5.41) is 0.508. The highest BCUT2D eigenvalue weighted by Crippen LogP contribution is 2.16. The predicted molar refractivity (Wildman–Crippen MR) is 50.1 cm³/mol. The highest BCUT2D eigenvalue weighted by molar-refractivity contribution is 6.30. The number of carbonyl (C=O) groups excluding carboxylic acids is 2. The van der Waals surface area contributed by atoms with E-state index in [9.17, 15) is 9.59 Å². The van der Waals surface area contributed by atoms with Crippen LogP contribution in [0.15, 0.2) is 29.3 Å². The van der Waals surface area contributed by atoms with Gasteiger partial charge in [0.15, 0.2) is 6.61 Å². The first kappa shape index (κ1) is 10.4. The summed E-state index contributed by atoms with van der Waals surface area (Å²) in [4.78, 5) is 23.3. The second-order valence-electron chi connectivity index (χ2n) is 2.34. The van der Waals surface area contributed by atoms with Gasteiger partial charge in [0.1, 0.15) is 5.75 Å². The number of benzene rings is 1. The van der Waals surface area contributed by atoms with Crippen molar-refractivity contribution < 1.29 is 14.3 Å². The van der Waals surface area contributed by atoms with Crippen molar-refractivity contribution in [3.63, 3.8) is 0 Å². The molecule has 1 amide bonds. The fourth-order valence-corrected chi connectivity index (χ4v) is 0.965. The van der Waals surface area contributed by atoms with Gasteiger partial charge in [0.25, 0.3) is 5.91 Å². The number of nitrogens with zero attached hydrogens (tertiary/aromatic N) is 1. The largest absolute Gasteiger partial charge is 0.484 e. The van der Waals surface area contributed by atoms with Crippen molar-refractivity contribution in [2.45, 2.75) is 0 Å². The molecule has 0 aliphatic rings. The maximum absolute atomic E-state index is 10.7. The van der Waals surface area contributed by atoms with Crippen molar-refractivity contribution >= 4 is 23.6 Å². The summed E-state index contributed by atoms with van der Waals surface area (Å²) in [5.41, 5.74) is 0. The Morgan fingerprint density at radius 1 is 1.57 bits per heavy atom. The van der Waals surface area contributed by atoms with Crippen LogP contribution in [0.4, 0.5) is 0 Å². The summed E-state index contributed by atoms with van der Waals surface area (Å²) in [6.07, 6.45) is 1.13.